The molecule has 0 bridgehead atoms. The number of nitrogens with one attached hydrogen (secondary N) is 1. The number of hydrogen-bond acceptors (Lipinski definition) is 3. The second-order valence-electron chi connectivity index (χ2n) is 4.49. The maximum Gasteiger partial charge on any atom is 0.256 e. The Balaban J connectivity index is 2.22. The first-order chi connectivity index (χ1) is 9.54. The Morgan fingerprint density at radius 1 is 1.45 bits per heavy atom. The van der Waals surface area contributed by atoms with Crippen LogP contribution in [0.2, 0.25) is 5.15 Å². The molecule has 20 heavy (non-hydrogen) atoms. The minimum absolute atomic E-state index is 0.188. The Labute approximate surface area is 122 Å². The standard InChI is InChI=1S/C14H16ClN3O2/c1-9-12(13(15)18(2)17-9)14(20)16-11(8-19)10-6-4-3-5-7-10/h3-7,11,19H,8H2,1-2H3,(H,16,20)/t11-/m1/s1. The Kier molecular flexibility index (Phi) is 4.42. The van der Waals surface area contributed by atoms with E-state index in [9.17, 15) is 9.90 Å². The zero-order valence-corrected chi connectivity index (χ0v) is 12.1. The van der Waals surface area contributed by atoms with Crippen molar-refractivity contribution < 1.29 is 9.90 Å². The molecule has 0 aliphatic carbocycles. The molecule has 106 valence electrons. The number of rotatable bonds is 4. The van der Waals surface area contributed by atoms with Gasteiger partial charge in [-0.15, -0.1) is 0 Å². The third-order valence-electron chi connectivity index (χ3n) is 3.07. The van der Waals surface area contributed by atoms with Crippen LogP contribution < -0.4 is 5.32 Å². The molecule has 0 saturated heterocycles. The smallest absolute Gasteiger partial charge is 0.256 e. The molecule has 2 N–H and O–H groups in total. The van der Waals surface area contributed by atoms with Crippen molar-refractivity contribution in [2.45, 2.75) is 13.0 Å². The molecule has 0 unspecified atom stereocenters. The van der Waals surface area contributed by atoms with Crippen LogP contribution in [-0.4, -0.2) is 27.4 Å². The van der Waals surface area contributed by atoms with Crippen LogP contribution in [0.25, 0.3) is 0 Å². The number of halogens is 1. The minimum atomic E-state index is -0.473. The quantitative estimate of drug-likeness (QED) is 0.904. The molecule has 2 rings (SSSR count). The first kappa shape index (κ1) is 14.6. The SMILES string of the molecule is Cc1nn(C)c(Cl)c1C(=O)N[C@H](CO)c1ccccc1. The van der Waals surface area contributed by atoms with Crippen LogP contribution in [0.1, 0.15) is 27.7 Å². The average Bonchev–Trinajstić information content (AvgIpc) is 2.70. The van der Waals surface area contributed by atoms with Gasteiger partial charge in [-0.25, -0.2) is 0 Å². The molecule has 0 saturated carbocycles. The second kappa shape index (κ2) is 6.07. The van der Waals surface area contributed by atoms with Gasteiger partial charge in [-0.1, -0.05) is 41.9 Å². The summed E-state index contributed by atoms with van der Waals surface area (Å²) in [5, 5.41) is 16.6. The first-order valence-electron chi connectivity index (χ1n) is 6.20. The lowest BCUT2D eigenvalue weighted by molar-refractivity contribution is 0.0915. The molecule has 2 aromatic rings. The van der Waals surface area contributed by atoms with Gasteiger partial charge in [0.25, 0.3) is 5.91 Å². The number of aromatic nitrogens is 2. The van der Waals surface area contributed by atoms with E-state index in [0.717, 1.165) is 5.56 Å². The van der Waals surface area contributed by atoms with Gasteiger partial charge in [0, 0.05) is 7.05 Å². The Hall–Kier alpha value is -1.85. The highest BCUT2D eigenvalue weighted by molar-refractivity contribution is 6.33. The van der Waals surface area contributed by atoms with E-state index in [2.05, 4.69) is 10.4 Å². The molecule has 0 fully saturated rings. The summed E-state index contributed by atoms with van der Waals surface area (Å²) in [6.07, 6.45) is 0. The summed E-state index contributed by atoms with van der Waals surface area (Å²) in [5.41, 5.74) is 1.73. The maximum atomic E-state index is 12.3. The van der Waals surface area contributed by atoms with Gasteiger partial charge in [0.05, 0.1) is 23.9 Å². The largest absolute Gasteiger partial charge is 0.394 e. The summed E-state index contributed by atoms with van der Waals surface area (Å²) in [7, 11) is 1.67. The second-order valence-corrected chi connectivity index (χ2v) is 4.85. The van der Waals surface area contributed by atoms with Gasteiger partial charge < -0.3 is 10.4 Å². The molecule has 0 aliphatic rings. The van der Waals surface area contributed by atoms with Crippen molar-refractivity contribution in [3.8, 4) is 0 Å². The van der Waals surface area contributed by atoms with Crippen molar-refractivity contribution in [3.63, 3.8) is 0 Å². The fourth-order valence-corrected chi connectivity index (χ4v) is 2.30. The number of aryl methyl sites for hydroxylation is 2. The van der Waals surface area contributed by atoms with E-state index in [-0.39, 0.29) is 17.7 Å². The molecule has 6 heteroatoms. The van der Waals surface area contributed by atoms with Crippen LogP contribution in [0.4, 0.5) is 0 Å². The Morgan fingerprint density at radius 3 is 2.60 bits per heavy atom. The molecule has 1 amide bonds. The van der Waals surface area contributed by atoms with Crippen molar-refractivity contribution >= 4 is 17.5 Å². The lowest BCUT2D eigenvalue weighted by Crippen LogP contribution is -2.31. The highest BCUT2D eigenvalue weighted by Crippen LogP contribution is 2.20. The normalized spacial score (nSPS) is 12.2. The zero-order valence-electron chi connectivity index (χ0n) is 11.3. The van der Waals surface area contributed by atoms with Gasteiger partial charge in [-0.05, 0) is 12.5 Å². The van der Waals surface area contributed by atoms with Crippen molar-refractivity contribution in [2.75, 3.05) is 6.61 Å². The van der Waals surface area contributed by atoms with E-state index in [1.54, 1.807) is 14.0 Å². The third-order valence-corrected chi connectivity index (χ3v) is 3.50. The molecule has 1 heterocycles. The van der Waals surface area contributed by atoms with E-state index in [0.29, 0.717) is 11.3 Å². The fraction of sp³-hybridized carbons (Fsp3) is 0.286. The number of nitrogens with zero attached hydrogens (tertiary/aromatic N) is 2. The highest BCUT2D eigenvalue weighted by Gasteiger charge is 2.22. The predicted molar refractivity (Wildman–Crippen MR) is 76.7 cm³/mol. The van der Waals surface area contributed by atoms with Gasteiger partial charge >= 0.3 is 0 Å². The molecule has 1 atom stereocenters. The predicted octanol–water partition coefficient (Wildman–Crippen LogP) is 1.85. The number of amides is 1. The monoisotopic (exact) mass is 293 g/mol. The van der Waals surface area contributed by atoms with Gasteiger partial charge in [0.1, 0.15) is 5.15 Å². The topological polar surface area (TPSA) is 67.2 Å². The Morgan fingerprint density at radius 2 is 2.10 bits per heavy atom. The molecule has 0 aliphatic heterocycles. The molecule has 1 aromatic heterocycles. The van der Waals surface area contributed by atoms with Crippen LogP contribution in [-0.2, 0) is 7.05 Å². The molecule has 0 radical (unpaired) electrons. The van der Waals surface area contributed by atoms with Gasteiger partial charge in [0.15, 0.2) is 0 Å². The molecule has 1 aromatic carbocycles. The van der Waals surface area contributed by atoms with Crippen LogP contribution >= 0.6 is 11.6 Å². The number of aliphatic hydroxyl groups excluding tert-OH is 1. The summed E-state index contributed by atoms with van der Waals surface area (Å²) >= 11 is 6.06. The first-order valence-corrected chi connectivity index (χ1v) is 6.58. The minimum Gasteiger partial charge on any atom is -0.394 e. The van der Waals surface area contributed by atoms with Gasteiger partial charge in [-0.3, -0.25) is 9.48 Å². The van der Waals surface area contributed by atoms with Crippen LogP contribution in [0.15, 0.2) is 30.3 Å². The molecule has 5 nitrogen and oxygen atoms in total. The van der Waals surface area contributed by atoms with E-state index in [4.69, 9.17) is 11.6 Å². The van der Waals surface area contributed by atoms with Gasteiger partial charge in [0.2, 0.25) is 0 Å². The zero-order chi connectivity index (χ0) is 14.7. The van der Waals surface area contributed by atoms with E-state index >= 15 is 0 Å². The summed E-state index contributed by atoms with van der Waals surface area (Å²) < 4.78 is 1.45. The van der Waals surface area contributed by atoms with Crippen LogP contribution in [0, 0.1) is 6.92 Å². The number of aliphatic hydroxyl groups is 1. The van der Waals surface area contributed by atoms with E-state index in [1.165, 1.54) is 4.68 Å². The van der Waals surface area contributed by atoms with E-state index in [1.807, 2.05) is 30.3 Å². The van der Waals surface area contributed by atoms with Crippen LogP contribution in [0.5, 0.6) is 0 Å². The number of carbonyl (C=O) groups is 1. The fourth-order valence-electron chi connectivity index (χ4n) is 2.04. The summed E-state index contributed by atoms with van der Waals surface area (Å²) in [6.45, 7) is 1.53. The third kappa shape index (κ3) is 2.84. The lowest BCUT2D eigenvalue weighted by atomic mass is 10.1. The Bertz CT molecular complexity index is 610. The molecular weight excluding hydrogens is 278 g/mol. The summed E-state index contributed by atoms with van der Waals surface area (Å²) in [5.74, 6) is -0.344. The van der Waals surface area contributed by atoms with E-state index < -0.39 is 6.04 Å². The van der Waals surface area contributed by atoms with Crippen molar-refractivity contribution in [3.05, 3.63) is 52.3 Å². The van der Waals surface area contributed by atoms with Gasteiger partial charge in [-0.2, -0.15) is 5.10 Å². The number of hydrogen-bond donors (Lipinski definition) is 2. The molecular formula is C14H16ClN3O2. The van der Waals surface area contributed by atoms with Crippen molar-refractivity contribution in [1.29, 1.82) is 0 Å². The summed E-state index contributed by atoms with van der Waals surface area (Å²) in [6, 6.07) is 8.80. The summed E-state index contributed by atoms with van der Waals surface area (Å²) in [4.78, 5) is 12.3. The average molecular weight is 294 g/mol. The maximum absolute atomic E-state index is 12.3. The van der Waals surface area contributed by atoms with Crippen LogP contribution in [0.3, 0.4) is 0 Å². The highest BCUT2D eigenvalue weighted by atomic mass is 35.5. The molecule has 0 spiro atoms. The van der Waals surface area contributed by atoms with Crippen molar-refractivity contribution in [1.82, 2.24) is 15.1 Å². The van der Waals surface area contributed by atoms with Crippen molar-refractivity contribution in [2.24, 2.45) is 7.05 Å². The number of benzene rings is 1. The lowest BCUT2D eigenvalue weighted by Gasteiger charge is -2.16. The number of carbonyl (C=O) groups excluding carboxylic acids is 1.